The number of nitrogens with zero attached hydrogens (tertiary/aromatic N) is 1. The third-order valence-corrected chi connectivity index (χ3v) is 3.51. The molecule has 1 saturated heterocycles. The summed E-state index contributed by atoms with van der Waals surface area (Å²) in [6.07, 6.45) is 2.20. The van der Waals surface area contributed by atoms with Crippen molar-refractivity contribution < 1.29 is 4.92 Å². The third kappa shape index (κ3) is 3.11. The van der Waals surface area contributed by atoms with Crippen LogP contribution in [-0.2, 0) is 0 Å². The Hall–Kier alpha value is -1.33. The average molecular weight is 270 g/mol. The molecular formula is C12H16ClN3O2. The van der Waals surface area contributed by atoms with Gasteiger partial charge in [0.15, 0.2) is 0 Å². The zero-order chi connectivity index (χ0) is 13.0. The summed E-state index contributed by atoms with van der Waals surface area (Å²) >= 11 is 5.85. The van der Waals surface area contributed by atoms with Gasteiger partial charge >= 0.3 is 5.69 Å². The quantitative estimate of drug-likeness (QED) is 0.651. The Bertz CT molecular complexity index is 433. The molecule has 6 heteroatoms. The Balaban J connectivity index is 2.04. The van der Waals surface area contributed by atoms with Gasteiger partial charge in [-0.05, 0) is 44.0 Å². The van der Waals surface area contributed by atoms with E-state index in [0.29, 0.717) is 11.6 Å². The van der Waals surface area contributed by atoms with Crippen molar-refractivity contribution in [2.24, 2.45) is 5.92 Å². The highest BCUT2D eigenvalue weighted by atomic mass is 35.5. The van der Waals surface area contributed by atoms with E-state index in [4.69, 9.17) is 11.6 Å². The fourth-order valence-electron chi connectivity index (χ4n) is 2.18. The number of hydrogen-bond acceptors (Lipinski definition) is 4. The molecule has 2 rings (SSSR count). The minimum Gasteiger partial charge on any atom is -0.379 e. The summed E-state index contributed by atoms with van der Waals surface area (Å²) in [6, 6.07) is 4.96. The lowest BCUT2D eigenvalue weighted by Crippen LogP contribution is -2.31. The second-order valence-electron chi connectivity index (χ2n) is 4.47. The van der Waals surface area contributed by atoms with Gasteiger partial charge in [0.05, 0.1) is 4.92 Å². The van der Waals surface area contributed by atoms with Crippen molar-refractivity contribution in [1.82, 2.24) is 5.32 Å². The minimum absolute atomic E-state index is 0.0342. The Morgan fingerprint density at radius 1 is 1.44 bits per heavy atom. The third-order valence-electron chi connectivity index (χ3n) is 3.21. The Labute approximate surface area is 111 Å². The van der Waals surface area contributed by atoms with Gasteiger partial charge in [-0.1, -0.05) is 17.7 Å². The van der Waals surface area contributed by atoms with Crippen molar-refractivity contribution in [3.05, 3.63) is 33.3 Å². The first-order valence-electron chi connectivity index (χ1n) is 6.06. The van der Waals surface area contributed by atoms with Crippen molar-refractivity contribution in [1.29, 1.82) is 0 Å². The topological polar surface area (TPSA) is 67.2 Å². The van der Waals surface area contributed by atoms with Crippen LogP contribution in [-0.4, -0.2) is 24.6 Å². The number of halogens is 1. The van der Waals surface area contributed by atoms with Gasteiger partial charge in [-0.25, -0.2) is 0 Å². The number of piperidine rings is 1. The molecule has 2 N–H and O–H groups in total. The van der Waals surface area contributed by atoms with Crippen molar-refractivity contribution >= 4 is 23.0 Å². The SMILES string of the molecule is O=[N+]([O-])c1c(Cl)cccc1NCC1CCNCC1. The van der Waals surface area contributed by atoms with Crippen LogP contribution in [0.4, 0.5) is 11.4 Å². The first-order valence-corrected chi connectivity index (χ1v) is 6.44. The lowest BCUT2D eigenvalue weighted by Gasteiger charge is -2.23. The van der Waals surface area contributed by atoms with Gasteiger partial charge in [-0.15, -0.1) is 0 Å². The number of rotatable bonds is 4. The zero-order valence-electron chi connectivity index (χ0n) is 9.99. The van der Waals surface area contributed by atoms with Crippen LogP contribution in [0.5, 0.6) is 0 Å². The molecule has 1 aromatic rings. The number of para-hydroxylation sites is 1. The molecule has 1 aromatic carbocycles. The van der Waals surface area contributed by atoms with Crippen LogP contribution in [0.3, 0.4) is 0 Å². The molecule has 1 aliphatic heterocycles. The first-order chi connectivity index (χ1) is 8.68. The predicted molar refractivity (Wildman–Crippen MR) is 72.2 cm³/mol. The molecule has 1 heterocycles. The van der Waals surface area contributed by atoms with Crippen molar-refractivity contribution in [3.63, 3.8) is 0 Å². The van der Waals surface area contributed by atoms with Crippen LogP contribution >= 0.6 is 11.6 Å². The van der Waals surface area contributed by atoms with Gasteiger partial charge in [-0.3, -0.25) is 10.1 Å². The summed E-state index contributed by atoms with van der Waals surface area (Å²) in [7, 11) is 0. The van der Waals surface area contributed by atoms with Gasteiger partial charge in [-0.2, -0.15) is 0 Å². The van der Waals surface area contributed by atoms with E-state index >= 15 is 0 Å². The zero-order valence-corrected chi connectivity index (χ0v) is 10.7. The molecule has 0 spiro atoms. The largest absolute Gasteiger partial charge is 0.379 e. The molecule has 0 radical (unpaired) electrons. The van der Waals surface area contributed by atoms with E-state index in [1.807, 2.05) is 0 Å². The molecule has 0 amide bonds. The summed E-state index contributed by atoms with van der Waals surface area (Å²) in [4.78, 5) is 10.5. The highest BCUT2D eigenvalue weighted by Crippen LogP contribution is 2.32. The molecule has 18 heavy (non-hydrogen) atoms. The lowest BCUT2D eigenvalue weighted by molar-refractivity contribution is -0.383. The van der Waals surface area contributed by atoms with Crippen LogP contribution in [0, 0.1) is 16.0 Å². The van der Waals surface area contributed by atoms with E-state index in [-0.39, 0.29) is 10.7 Å². The van der Waals surface area contributed by atoms with Crippen LogP contribution < -0.4 is 10.6 Å². The number of hydrogen-bond donors (Lipinski definition) is 2. The average Bonchev–Trinajstić information content (AvgIpc) is 2.37. The van der Waals surface area contributed by atoms with Crippen LogP contribution in [0.25, 0.3) is 0 Å². The second-order valence-corrected chi connectivity index (χ2v) is 4.87. The number of nitro benzene ring substituents is 1. The van der Waals surface area contributed by atoms with Gasteiger partial charge in [0.2, 0.25) is 0 Å². The fraction of sp³-hybridized carbons (Fsp3) is 0.500. The summed E-state index contributed by atoms with van der Waals surface area (Å²) in [5.74, 6) is 0.560. The molecule has 0 atom stereocenters. The Morgan fingerprint density at radius 2 is 2.17 bits per heavy atom. The standard InChI is InChI=1S/C12H16ClN3O2/c13-10-2-1-3-11(12(10)16(17)18)15-8-9-4-6-14-7-5-9/h1-3,9,14-15H,4-8H2. The van der Waals surface area contributed by atoms with Crippen molar-refractivity contribution in [3.8, 4) is 0 Å². The van der Waals surface area contributed by atoms with E-state index in [2.05, 4.69) is 10.6 Å². The van der Waals surface area contributed by atoms with Crippen LogP contribution in [0.15, 0.2) is 18.2 Å². The normalized spacial score (nSPS) is 16.5. The molecule has 0 unspecified atom stereocenters. The molecular weight excluding hydrogens is 254 g/mol. The summed E-state index contributed by atoms with van der Waals surface area (Å²) in [5, 5.41) is 17.6. The van der Waals surface area contributed by atoms with E-state index in [1.165, 1.54) is 6.07 Å². The van der Waals surface area contributed by atoms with E-state index in [0.717, 1.165) is 32.5 Å². The van der Waals surface area contributed by atoms with Crippen molar-refractivity contribution in [2.75, 3.05) is 25.0 Å². The maximum absolute atomic E-state index is 11.0. The van der Waals surface area contributed by atoms with Crippen LogP contribution in [0.2, 0.25) is 5.02 Å². The highest BCUT2D eigenvalue weighted by molar-refractivity contribution is 6.33. The van der Waals surface area contributed by atoms with Crippen molar-refractivity contribution in [2.45, 2.75) is 12.8 Å². The minimum atomic E-state index is -0.437. The highest BCUT2D eigenvalue weighted by Gasteiger charge is 2.19. The number of anilines is 1. The molecule has 1 aliphatic rings. The monoisotopic (exact) mass is 269 g/mol. The summed E-state index contributed by atoms with van der Waals surface area (Å²) in [5.41, 5.74) is 0.471. The lowest BCUT2D eigenvalue weighted by atomic mass is 9.98. The van der Waals surface area contributed by atoms with Gasteiger partial charge in [0.1, 0.15) is 10.7 Å². The molecule has 0 aliphatic carbocycles. The number of nitro groups is 1. The van der Waals surface area contributed by atoms with Gasteiger partial charge in [0.25, 0.3) is 0 Å². The second kappa shape index (κ2) is 6.02. The predicted octanol–water partition coefficient (Wildman–Crippen LogP) is 2.66. The molecule has 5 nitrogen and oxygen atoms in total. The Morgan fingerprint density at radius 3 is 2.83 bits per heavy atom. The molecule has 0 saturated carbocycles. The summed E-state index contributed by atoms with van der Waals surface area (Å²) in [6.45, 7) is 2.79. The molecule has 1 fully saturated rings. The van der Waals surface area contributed by atoms with Crippen LogP contribution in [0.1, 0.15) is 12.8 Å². The van der Waals surface area contributed by atoms with E-state index in [1.54, 1.807) is 12.1 Å². The maximum Gasteiger partial charge on any atom is 0.310 e. The van der Waals surface area contributed by atoms with E-state index < -0.39 is 4.92 Å². The smallest absolute Gasteiger partial charge is 0.310 e. The van der Waals surface area contributed by atoms with Gasteiger partial charge in [0, 0.05) is 6.54 Å². The number of benzene rings is 1. The first kappa shape index (κ1) is 13.1. The molecule has 98 valence electrons. The molecule has 0 bridgehead atoms. The van der Waals surface area contributed by atoms with E-state index in [9.17, 15) is 10.1 Å². The number of nitrogens with one attached hydrogen (secondary N) is 2. The summed E-state index contributed by atoms with van der Waals surface area (Å²) < 4.78 is 0. The molecule has 0 aromatic heterocycles. The van der Waals surface area contributed by atoms with Gasteiger partial charge < -0.3 is 10.6 Å². The Kier molecular flexibility index (Phi) is 4.38. The fourth-order valence-corrected chi connectivity index (χ4v) is 2.43. The maximum atomic E-state index is 11.0.